The molecule has 1 unspecified atom stereocenters. The summed E-state index contributed by atoms with van der Waals surface area (Å²) in [6.45, 7) is 4.05. The largest absolute Gasteiger partial charge is 0.445 e. The number of nitrogens with one attached hydrogen (secondary N) is 2. The number of halogens is 1. The summed E-state index contributed by atoms with van der Waals surface area (Å²) < 4.78 is 4.99. The molecule has 0 bridgehead atoms. The third-order valence-corrected chi connectivity index (χ3v) is 2.61. The lowest BCUT2D eigenvalue weighted by molar-refractivity contribution is -0.122. The first kappa shape index (κ1) is 15.3. The second-order valence-electron chi connectivity index (χ2n) is 3.96. The van der Waals surface area contributed by atoms with Gasteiger partial charge in [-0.15, -0.1) is 0 Å². The highest BCUT2D eigenvalue weighted by atomic mass is 35.5. The van der Waals surface area contributed by atoms with Crippen LogP contribution in [0.3, 0.4) is 0 Å². The van der Waals surface area contributed by atoms with Gasteiger partial charge in [0.2, 0.25) is 5.91 Å². The highest BCUT2D eigenvalue weighted by Crippen LogP contribution is 2.10. The summed E-state index contributed by atoms with van der Waals surface area (Å²) in [5.74, 6) is -0.244. The quantitative estimate of drug-likeness (QED) is 0.870. The van der Waals surface area contributed by atoms with E-state index in [1.165, 1.54) is 0 Å². The number of likely N-dealkylation sites (N-methyl/N-ethyl adjacent to an activating group) is 1. The summed E-state index contributed by atoms with van der Waals surface area (Å²) in [5, 5.41) is 5.68. The van der Waals surface area contributed by atoms with E-state index in [0.717, 1.165) is 5.56 Å². The molecule has 1 aromatic carbocycles. The number of ether oxygens (including phenoxy) is 1. The van der Waals surface area contributed by atoms with Gasteiger partial charge in [-0.25, -0.2) is 4.79 Å². The summed E-state index contributed by atoms with van der Waals surface area (Å²) >= 11 is 5.74. The van der Waals surface area contributed by atoms with Crippen LogP contribution in [0.25, 0.3) is 0 Å². The van der Waals surface area contributed by atoms with Crippen LogP contribution in [-0.4, -0.2) is 24.6 Å². The van der Waals surface area contributed by atoms with Crippen LogP contribution in [0.4, 0.5) is 4.79 Å². The van der Waals surface area contributed by atoms with Crippen molar-refractivity contribution < 1.29 is 14.3 Å². The lowest BCUT2D eigenvalue weighted by Gasteiger charge is -2.13. The van der Waals surface area contributed by atoms with Gasteiger partial charge in [-0.3, -0.25) is 4.79 Å². The van der Waals surface area contributed by atoms with Crippen molar-refractivity contribution in [2.45, 2.75) is 26.5 Å². The highest BCUT2D eigenvalue weighted by Gasteiger charge is 2.15. The fourth-order valence-electron chi connectivity index (χ4n) is 1.34. The normalized spacial score (nSPS) is 11.5. The molecule has 0 fully saturated rings. The standard InChI is InChI=1S/C13H17ClN2O3/c1-3-15-12(17)9(2)16-13(18)19-8-10-4-6-11(14)7-5-10/h4-7,9H,3,8H2,1-2H3,(H,15,17)(H,16,18). The molecule has 19 heavy (non-hydrogen) atoms. The Bertz CT molecular complexity index is 434. The van der Waals surface area contributed by atoms with Crippen molar-refractivity contribution in [3.05, 3.63) is 34.9 Å². The molecule has 0 aromatic heterocycles. The smallest absolute Gasteiger partial charge is 0.408 e. The summed E-state index contributed by atoms with van der Waals surface area (Å²) in [5.41, 5.74) is 0.824. The van der Waals surface area contributed by atoms with E-state index in [1.807, 2.05) is 6.92 Å². The van der Waals surface area contributed by atoms with Gasteiger partial charge in [0.15, 0.2) is 0 Å². The molecule has 2 amide bonds. The Morgan fingerprint density at radius 3 is 2.53 bits per heavy atom. The number of hydrogen-bond donors (Lipinski definition) is 2. The molecule has 104 valence electrons. The van der Waals surface area contributed by atoms with Gasteiger partial charge >= 0.3 is 6.09 Å². The Balaban J connectivity index is 2.35. The molecule has 5 nitrogen and oxygen atoms in total. The van der Waals surface area contributed by atoms with Gasteiger partial charge in [-0.2, -0.15) is 0 Å². The van der Waals surface area contributed by atoms with Crippen LogP contribution in [0.15, 0.2) is 24.3 Å². The molecule has 1 rings (SSSR count). The first-order chi connectivity index (χ1) is 9.02. The number of alkyl carbamates (subject to hydrolysis) is 1. The third-order valence-electron chi connectivity index (χ3n) is 2.36. The zero-order chi connectivity index (χ0) is 14.3. The van der Waals surface area contributed by atoms with Gasteiger partial charge in [0, 0.05) is 11.6 Å². The predicted molar refractivity (Wildman–Crippen MR) is 72.9 cm³/mol. The van der Waals surface area contributed by atoms with Crippen molar-refractivity contribution in [3.63, 3.8) is 0 Å². The van der Waals surface area contributed by atoms with E-state index < -0.39 is 12.1 Å². The number of hydrogen-bond acceptors (Lipinski definition) is 3. The van der Waals surface area contributed by atoms with Crippen LogP contribution in [-0.2, 0) is 16.1 Å². The van der Waals surface area contributed by atoms with Crippen LogP contribution in [0, 0.1) is 0 Å². The first-order valence-corrected chi connectivity index (χ1v) is 6.36. The molecular weight excluding hydrogens is 268 g/mol. The number of carbonyl (C=O) groups is 2. The first-order valence-electron chi connectivity index (χ1n) is 5.98. The molecule has 0 heterocycles. The molecule has 0 saturated heterocycles. The van der Waals surface area contributed by atoms with E-state index in [2.05, 4.69) is 10.6 Å². The molecule has 2 N–H and O–H groups in total. The zero-order valence-corrected chi connectivity index (χ0v) is 11.7. The number of benzene rings is 1. The van der Waals surface area contributed by atoms with E-state index in [4.69, 9.17) is 16.3 Å². The molecule has 0 aliphatic rings. The molecule has 0 saturated carbocycles. The highest BCUT2D eigenvalue weighted by molar-refractivity contribution is 6.30. The lowest BCUT2D eigenvalue weighted by Crippen LogP contribution is -2.44. The van der Waals surface area contributed by atoms with Crippen LogP contribution < -0.4 is 10.6 Å². The fourth-order valence-corrected chi connectivity index (χ4v) is 1.47. The van der Waals surface area contributed by atoms with Crippen molar-refractivity contribution in [2.24, 2.45) is 0 Å². The summed E-state index contributed by atoms with van der Waals surface area (Å²) in [4.78, 5) is 22.9. The topological polar surface area (TPSA) is 67.4 Å². The minimum absolute atomic E-state index is 0.130. The maximum Gasteiger partial charge on any atom is 0.408 e. The van der Waals surface area contributed by atoms with Crippen molar-refractivity contribution in [3.8, 4) is 0 Å². The minimum atomic E-state index is -0.631. The Labute approximate surface area is 117 Å². The molecule has 0 aliphatic heterocycles. The fraction of sp³-hybridized carbons (Fsp3) is 0.385. The molecule has 0 radical (unpaired) electrons. The lowest BCUT2D eigenvalue weighted by atomic mass is 10.2. The van der Waals surface area contributed by atoms with Gasteiger partial charge in [0.1, 0.15) is 12.6 Å². The second-order valence-corrected chi connectivity index (χ2v) is 4.40. The SMILES string of the molecule is CCNC(=O)C(C)NC(=O)OCc1ccc(Cl)cc1. The predicted octanol–water partition coefficient (Wildman–Crippen LogP) is 2.09. The Hall–Kier alpha value is -1.75. The van der Waals surface area contributed by atoms with E-state index in [1.54, 1.807) is 31.2 Å². The molecular formula is C13H17ClN2O3. The summed E-state index contributed by atoms with van der Waals surface area (Å²) in [6, 6.07) is 6.34. The average Bonchev–Trinajstić information content (AvgIpc) is 2.38. The Morgan fingerprint density at radius 2 is 1.95 bits per heavy atom. The maximum absolute atomic E-state index is 11.5. The van der Waals surface area contributed by atoms with E-state index >= 15 is 0 Å². The van der Waals surface area contributed by atoms with E-state index in [9.17, 15) is 9.59 Å². The molecule has 0 spiro atoms. The van der Waals surface area contributed by atoms with Gasteiger partial charge < -0.3 is 15.4 Å². The number of rotatable bonds is 5. The van der Waals surface area contributed by atoms with Crippen LogP contribution in [0.1, 0.15) is 19.4 Å². The summed E-state index contributed by atoms with van der Waals surface area (Å²) in [7, 11) is 0. The van der Waals surface area contributed by atoms with Crippen LogP contribution in [0.5, 0.6) is 0 Å². The zero-order valence-electron chi connectivity index (χ0n) is 10.9. The number of amides is 2. The molecule has 6 heteroatoms. The van der Waals surface area contributed by atoms with Gasteiger partial charge in [-0.1, -0.05) is 23.7 Å². The Kier molecular flexibility index (Phi) is 6.15. The van der Waals surface area contributed by atoms with Gasteiger partial charge in [-0.05, 0) is 31.5 Å². The van der Waals surface area contributed by atoms with Crippen molar-refractivity contribution in [2.75, 3.05) is 6.54 Å². The Morgan fingerprint density at radius 1 is 1.32 bits per heavy atom. The summed E-state index contributed by atoms with van der Waals surface area (Å²) in [6.07, 6.45) is -0.631. The van der Waals surface area contributed by atoms with Crippen LogP contribution >= 0.6 is 11.6 Å². The van der Waals surface area contributed by atoms with E-state index in [0.29, 0.717) is 11.6 Å². The molecule has 0 aliphatic carbocycles. The van der Waals surface area contributed by atoms with Crippen molar-refractivity contribution >= 4 is 23.6 Å². The molecule has 1 atom stereocenters. The third kappa shape index (κ3) is 5.61. The van der Waals surface area contributed by atoms with Crippen molar-refractivity contribution in [1.29, 1.82) is 0 Å². The maximum atomic E-state index is 11.5. The molecule has 1 aromatic rings. The van der Waals surface area contributed by atoms with Crippen LogP contribution in [0.2, 0.25) is 5.02 Å². The number of carbonyl (C=O) groups excluding carboxylic acids is 2. The second kappa shape index (κ2) is 7.63. The minimum Gasteiger partial charge on any atom is -0.445 e. The average molecular weight is 285 g/mol. The van der Waals surface area contributed by atoms with Crippen molar-refractivity contribution in [1.82, 2.24) is 10.6 Å². The van der Waals surface area contributed by atoms with E-state index in [-0.39, 0.29) is 12.5 Å². The van der Waals surface area contributed by atoms with Gasteiger partial charge in [0.05, 0.1) is 0 Å². The monoisotopic (exact) mass is 284 g/mol. The van der Waals surface area contributed by atoms with Gasteiger partial charge in [0.25, 0.3) is 0 Å².